The lowest BCUT2D eigenvalue weighted by Gasteiger charge is -2.38. The maximum Gasteiger partial charge on any atom is 0.416 e. The van der Waals surface area contributed by atoms with Crippen LogP contribution in [0.4, 0.5) is 18.9 Å². The Balaban J connectivity index is 1.33. The Morgan fingerprint density at radius 1 is 1.00 bits per heavy atom. The quantitative estimate of drug-likeness (QED) is 0.372. The van der Waals surface area contributed by atoms with E-state index >= 15 is 0 Å². The SMILES string of the molecule is O=C(Cc1nc(-c2ccccc2)cs1)c1cc(N2CCC(N3CCCC3)CC2)cc(C(F)(F)F)c1. The van der Waals surface area contributed by atoms with Gasteiger partial charge in [-0.25, -0.2) is 4.98 Å². The molecule has 8 heteroatoms. The van der Waals surface area contributed by atoms with Crippen LogP contribution in [0.3, 0.4) is 0 Å². The van der Waals surface area contributed by atoms with Crippen LogP contribution in [0.15, 0.2) is 53.9 Å². The number of carbonyl (C=O) groups is 1. The predicted molar refractivity (Wildman–Crippen MR) is 133 cm³/mol. The first-order valence-electron chi connectivity index (χ1n) is 12.1. The number of halogens is 3. The van der Waals surface area contributed by atoms with Crippen molar-refractivity contribution in [3.63, 3.8) is 0 Å². The maximum absolute atomic E-state index is 13.7. The number of aromatic nitrogens is 1. The van der Waals surface area contributed by atoms with Gasteiger partial charge in [0.15, 0.2) is 5.78 Å². The third kappa shape index (κ3) is 5.59. The van der Waals surface area contributed by atoms with E-state index in [1.165, 1.54) is 30.2 Å². The number of hydrogen-bond donors (Lipinski definition) is 0. The van der Waals surface area contributed by atoms with Crippen molar-refractivity contribution in [3.8, 4) is 11.3 Å². The number of benzene rings is 2. The van der Waals surface area contributed by atoms with Crippen LogP contribution in [0.1, 0.15) is 46.6 Å². The lowest BCUT2D eigenvalue weighted by atomic mass is 9.99. The molecule has 0 atom stereocenters. The number of hydrogen-bond acceptors (Lipinski definition) is 5. The minimum atomic E-state index is -4.51. The van der Waals surface area contributed by atoms with Gasteiger partial charge < -0.3 is 9.80 Å². The van der Waals surface area contributed by atoms with Crippen molar-refractivity contribution in [1.29, 1.82) is 0 Å². The number of ketones is 1. The van der Waals surface area contributed by atoms with E-state index in [0.717, 1.165) is 43.3 Å². The molecule has 0 aliphatic carbocycles. The van der Waals surface area contributed by atoms with Crippen molar-refractivity contribution in [2.75, 3.05) is 31.1 Å². The van der Waals surface area contributed by atoms with Gasteiger partial charge in [-0.15, -0.1) is 11.3 Å². The van der Waals surface area contributed by atoms with Crippen LogP contribution < -0.4 is 4.90 Å². The number of carbonyl (C=O) groups excluding carboxylic acids is 1. The highest BCUT2D eigenvalue weighted by Crippen LogP contribution is 2.35. The van der Waals surface area contributed by atoms with E-state index in [9.17, 15) is 18.0 Å². The van der Waals surface area contributed by atoms with Crippen molar-refractivity contribution in [3.05, 3.63) is 70.0 Å². The molecule has 0 saturated carbocycles. The average Bonchev–Trinajstić information content (AvgIpc) is 3.57. The number of alkyl halides is 3. The Bertz CT molecular complexity index is 1160. The highest BCUT2D eigenvalue weighted by molar-refractivity contribution is 7.10. The summed E-state index contributed by atoms with van der Waals surface area (Å²) in [6.07, 6.45) is -0.214. The largest absolute Gasteiger partial charge is 0.416 e. The Morgan fingerprint density at radius 2 is 1.71 bits per heavy atom. The van der Waals surface area contributed by atoms with Crippen LogP contribution in [0.25, 0.3) is 11.3 Å². The van der Waals surface area contributed by atoms with E-state index in [0.29, 0.717) is 29.8 Å². The summed E-state index contributed by atoms with van der Waals surface area (Å²) in [6.45, 7) is 3.64. The third-order valence-electron chi connectivity index (χ3n) is 6.99. The lowest BCUT2D eigenvalue weighted by molar-refractivity contribution is -0.137. The Morgan fingerprint density at radius 3 is 2.40 bits per heavy atom. The summed E-state index contributed by atoms with van der Waals surface area (Å²) in [4.78, 5) is 22.1. The van der Waals surface area contributed by atoms with Crippen molar-refractivity contribution < 1.29 is 18.0 Å². The van der Waals surface area contributed by atoms with Crippen LogP contribution in [0.5, 0.6) is 0 Å². The van der Waals surface area contributed by atoms with Gasteiger partial charge in [0.05, 0.1) is 17.7 Å². The summed E-state index contributed by atoms with van der Waals surface area (Å²) in [5, 5.41) is 2.47. The topological polar surface area (TPSA) is 36.4 Å². The van der Waals surface area contributed by atoms with E-state index in [2.05, 4.69) is 9.88 Å². The van der Waals surface area contributed by atoms with Gasteiger partial charge in [-0.1, -0.05) is 30.3 Å². The fourth-order valence-corrected chi connectivity index (χ4v) is 5.89. The number of rotatable bonds is 6. The molecule has 4 nitrogen and oxygen atoms in total. The fourth-order valence-electron chi connectivity index (χ4n) is 5.09. The molecule has 2 aliphatic heterocycles. The zero-order valence-electron chi connectivity index (χ0n) is 19.4. The molecule has 2 aromatic carbocycles. The molecule has 5 rings (SSSR count). The molecule has 0 amide bonds. The molecule has 0 N–H and O–H groups in total. The van der Waals surface area contributed by atoms with E-state index in [4.69, 9.17) is 0 Å². The van der Waals surface area contributed by atoms with Gasteiger partial charge in [-0.2, -0.15) is 13.2 Å². The molecular formula is C27H28F3N3OS. The summed E-state index contributed by atoms with van der Waals surface area (Å²) >= 11 is 1.35. The van der Waals surface area contributed by atoms with Gasteiger partial charge in [0, 0.05) is 41.3 Å². The summed E-state index contributed by atoms with van der Waals surface area (Å²) in [5.41, 5.74) is 1.51. The van der Waals surface area contributed by atoms with Crippen LogP contribution in [0.2, 0.25) is 0 Å². The number of piperidine rings is 1. The fraction of sp³-hybridized carbons (Fsp3) is 0.407. The second-order valence-electron chi connectivity index (χ2n) is 9.32. The van der Waals surface area contributed by atoms with Gasteiger partial charge in [0.25, 0.3) is 0 Å². The first-order chi connectivity index (χ1) is 16.9. The van der Waals surface area contributed by atoms with Gasteiger partial charge in [0.1, 0.15) is 5.01 Å². The van der Waals surface area contributed by atoms with E-state index in [1.54, 1.807) is 6.07 Å². The van der Waals surface area contributed by atoms with Gasteiger partial charge in [-0.05, 0) is 57.0 Å². The third-order valence-corrected chi connectivity index (χ3v) is 7.84. The molecule has 0 radical (unpaired) electrons. The summed E-state index contributed by atoms with van der Waals surface area (Å²) in [5.74, 6) is -0.349. The van der Waals surface area contributed by atoms with Crippen molar-refractivity contribution in [1.82, 2.24) is 9.88 Å². The summed E-state index contributed by atoms with van der Waals surface area (Å²) in [7, 11) is 0. The molecule has 2 saturated heterocycles. The molecule has 2 aliphatic rings. The van der Waals surface area contributed by atoms with Gasteiger partial charge >= 0.3 is 6.18 Å². The molecule has 0 bridgehead atoms. The molecule has 1 aromatic heterocycles. The average molecular weight is 500 g/mol. The molecule has 3 heterocycles. The summed E-state index contributed by atoms with van der Waals surface area (Å²) in [6, 6.07) is 13.9. The molecule has 2 fully saturated rings. The van der Waals surface area contributed by atoms with Gasteiger partial charge in [-0.3, -0.25) is 4.79 Å². The van der Waals surface area contributed by atoms with Gasteiger partial charge in [0.2, 0.25) is 0 Å². The maximum atomic E-state index is 13.7. The molecular weight excluding hydrogens is 471 g/mol. The first kappa shape index (κ1) is 24.0. The zero-order chi connectivity index (χ0) is 24.4. The van der Waals surface area contributed by atoms with Crippen molar-refractivity contribution >= 4 is 22.8 Å². The van der Waals surface area contributed by atoms with Crippen molar-refractivity contribution in [2.45, 2.75) is 44.3 Å². The number of thiazole rings is 1. The smallest absolute Gasteiger partial charge is 0.371 e. The molecule has 184 valence electrons. The van der Waals surface area contributed by atoms with Crippen LogP contribution >= 0.6 is 11.3 Å². The monoisotopic (exact) mass is 499 g/mol. The normalized spacial score (nSPS) is 17.7. The number of likely N-dealkylation sites (tertiary alicyclic amines) is 1. The molecule has 0 spiro atoms. The number of anilines is 1. The van der Waals surface area contributed by atoms with Crippen LogP contribution in [0, 0.1) is 0 Å². The summed E-state index contributed by atoms with van der Waals surface area (Å²) < 4.78 is 41.1. The van der Waals surface area contributed by atoms with E-state index in [-0.39, 0.29) is 17.8 Å². The second-order valence-corrected chi connectivity index (χ2v) is 10.3. The molecule has 0 unspecified atom stereocenters. The number of Topliss-reactive ketones (excluding diaryl/α,β-unsaturated/α-hetero) is 1. The van der Waals surface area contributed by atoms with Crippen molar-refractivity contribution in [2.24, 2.45) is 0 Å². The first-order valence-corrected chi connectivity index (χ1v) is 13.0. The Hall–Kier alpha value is -2.71. The lowest BCUT2D eigenvalue weighted by Crippen LogP contribution is -2.44. The van der Waals surface area contributed by atoms with E-state index < -0.39 is 11.7 Å². The molecule has 3 aromatic rings. The Kier molecular flexibility index (Phi) is 6.93. The molecule has 35 heavy (non-hydrogen) atoms. The zero-order valence-corrected chi connectivity index (χ0v) is 20.2. The van der Waals surface area contributed by atoms with Crippen LogP contribution in [-0.4, -0.2) is 47.9 Å². The number of nitrogens with zero attached hydrogens (tertiary/aromatic N) is 3. The minimum Gasteiger partial charge on any atom is -0.371 e. The highest BCUT2D eigenvalue weighted by Gasteiger charge is 2.33. The second kappa shape index (κ2) is 10.1. The Labute approximate surface area is 207 Å². The standard InChI is InChI=1S/C27H28F3N3OS/c28-27(29,30)21-14-20(25(34)17-26-31-24(18-35-26)19-6-2-1-3-7-19)15-23(16-21)33-12-8-22(9-13-33)32-10-4-5-11-32/h1-3,6-7,14-16,18,22H,4-5,8-13,17H2. The van der Waals surface area contributed by atoms with E-state index in [1.807, 2.05) is 40.6 Å². The minimum absolute atomic E-state index is 0.0186. The van der Waals surface area contributed by atoms with Crippen LogP contribution in [-0.2, 0) is 12.6 Å². The highest BCUT2D eigenvalue weighted by atomic mass is 32.1. The predicted octanol–water partition coefficient (Wildman–Crippen LogP) is 6.32.